The Morgan fingerprint density at radius 3 is 2.42 bits per heavy atom. The van der Waals surface area contributed by atoms with E-state index in [4.69, 9.17) is 16.3 Å². The van der Waals surface area contributed by atoms with E-state index in [1.165, 1.54) is 10.8 Å². The maximum Gasteiger partial charge on any atom is 0.329 e. The molecule has 0 aliphatic rings. The van der Waals surface area contributed by atoms with Crippen molar-refractivity contribution in [2.24, 2.45) is 13.0 Å². The Morgan fingerprint density at radius 1 is 1.31 bits per heavy atom. The SMILES string of the molecule is CC(C)[C@@H](NC(=O)c1c(F)cccc1F)C(=O)OCc1ncc(Cl)n1C. The van der Waals surface area contributed by atoms with Crippen LogP contribution in [0.2, 0.25) is 5.15 Å². The Kier molecular flexibility index (Phi) is 6.31. The fourth-order valence-corrected chi connectivity index (χ4v) is 2.36. The summed E-state index contributed by atoms with van der Waals surface area (Å²) in [5, 5.41) is 2.70. The van der Waals surface area contributed by atoms with Crippen LogP contribution in [0.15, 0.2) is 24.4 Å². The summed E-state index contributed by atoms with van der Waals surface area (Å²) < 4.78 is 34.2. The monoisotopic (exact) mass is 385 g/mol. The smallest absolute Gasteiger partial charge is 0.329 e. The zero-order valence-corrected chi connectivity index (χ0v) is 15.2. The van der Waals surface area contributed by atoms with Crippen LogP contribution in [0.4, 0.5) is 8.78 Å². The van der Waals surface area contributed by atoms with Crippen LogP contribution in [0.25, 0.3) is 0 Å². The lowest BCUT2D eigenvalue weighted by atomic mass is 10.0. The minimum atomic E-state index is -1.09. The normalized spacial score (nSPS) is 12.1. The van der Waals surface area contributed by atoms with Crippen LogP contribution in [0.1, 0.15) is 30.0 Å². The van der Waals surface area contributed by atoms with Gasteiger partial charge in [-0.2, -0.15) is 0 Å². The highest BCUT2D eigenvalue weighted by Gasteiger charge is 2.28. The molecule has 0 saturated heterocycles. The third kappa shape index (κ3) is 4.37. The van der Waals surface area contributed by atoms with Gasteiger partial charge in [0.25, 0.3) is 5.91 Å². The molecule has 6 nitrogen and oxygen atoms in total. The molecule has 0 unspecified atom stereocenters. The lowest BCUT2D eigenvalue weighted by Gasteiger charge is -2.21. The van der Waals surface area contributed by atoms with Crippen LogP contribution in [-0.4, -0.2) is 27.5 Å². The number of hydrogen-bond acceptors (Lipinski definition) is 4. The van der Waals surface area contributed by atoms with Crippen LogP contribution in [0.5, 0.6) is 0 Å². The topological polar surface area (TPSA) is 73.2 Å². The fourth-order valence-electron chi connectivity index (χ4n) is 2.21. The van der Waals surface area contributed by atoms with E-state index in [1.54, 1.807) is 20.9 Å². The molecule has 2 aromatic rings. The van der Waals surface area contributed by atoms with Gasteiger partial charge in [0.05, 0.1) is 6.20 Å². The number of halogens is 3. The molecule has 0 bridgehead atoms. The second-order valence-electron chi connectivity index (χ2n) is 5.96. The number of carbonyl (C=O) groups excluding carboxylic acids is 2. The second kappa shape index (κ2) is 8.27. The van der Waals surface area contributed by atoms with Crippen molar-refractivity contribution in [3.63, 3.8) is 0 Å². The van der Waals surface area contributed by atoms with Crippen molar-refractivity contribution >= 4 is 23.5 Å². The molecule has 0 aliphatic heterocycles. The highest BCUT2D eigenvalue weighted by molar-refractivity contribution is 6.29. The zero-order valence-electron chi connectivity index (χ0n) is 14.4. The number of ether oxygens (including phenoxy) is 1. The van der Waals surface area contributed by atoms with E-state index in [-0.39, 0.29) is 12.5 Å². The zero-order chi connectivity index (χ0) is 19.4. The van der Waals surface area contributed by atoms with Gasteiger partial charge in [-0.15, -0.1) is 0 Å². The van der Waals surface area contributed by atoms with Crippen LogP contribution in [0, 0.1) is 17.6 Å². The minimum absolute atomic E-state index is 0.158. The first-order valence-corrected chi connectivity index (χ1v) is 8.17. The van der Waals surface area contributed by atoms with E-state index in [2.05, 4.69) is 10.3 Å². The number of esters is 1. The van der Waals surface area contributed by atoms with Crippen LogP contribution < -0.4 is 5.32 Å². The van der Waals surface area contributed by atoms with Gasteiger partial charge in [0.2, 0.25) is 0 Å². The lowest BCUT2D eigenvalue weighted by Crippen LogP contribution is -2.45. The van der Waals surface area contributed by atoms with Crippen molar-refractivity contribution in [3.05, 3.63) is 52.6 Å². The van der Waals surface area contributed by atoms with Gasteiger partial charge in [-0.1, -0.05) is 31.5 Å². The van der Waals surface area contributed by atoms with Gasteiger partial charge in [-0.3, -0.25) is 4.79 Å². The number of hydrogen-bond donors (Lipinski definition) is 1. The number of rotatable bonds is 6. The number of amides is 1. The standard InChI is InChI=1S/C17H18ClF2N3O3/c1-9(2)15(17(25)26-8-13-21-7-12(18)23(13)3)22-16(24)14-10(19)5-4-6-11(14)20/h4-7,9,15H,8H2,1-3H3,(H,22,24)/t15-/m1/s1. The Hall–Kier alpha value is -2.48. The molecule has 0 spiro atoms. The van der Waals surface area contributed by atoms with Gasteiger partial charge >= 0.3 is 5.97 Å². The molecular formula is C17H18ClF2N3O3. The molecule has 2 rings (SSSR count). The Morgan fingerprint density at radius 2 is 1.92 bits per heavy atom. The van der Waals surface area contributed by atoms with Gasteiger partial charge < -0.3 is 14.6 Å². The summed E-state index contributed by atoms with van der Waals surface area (Å²) in [7, 11) is 1.65. The molecule has 1 N–H and O–H groups in total. The summed E-state index contributed by atoms with van der Waals surface area (Å²) in [6, 6.07) is 1.99. The van der Waals surface area contributed by atoms with Gasteiger partial charge in [0.1, 0.15) is 40.8 Å². The van der Waals surface area contributed by atoms with Crippen LogP contribution >= 0.6 is 11.6 Å². The maximum atomic E-state index is 13.7. The highest BCUT2D eigenvalue weighted by atomic mass is 35.5. The van der Waals surface area contributed by atoms with Crippen LogP contribution in [-0.2, 0) is 23.2 Å². The number of imidazole rings is 1. The van der Waals surface area contributed by atoms with E-state index >= 15 is 0 Å². The average molecular weight is 386 g/mol. The summed E-state index contributed by atoms with van der Waals surface area (Å²) in [5.41, 5.74) is -0.748. The first-order chi connectivity index (χ1) is 12.2. The van der Waals surface area contributed by atoms with E-state index in [0.717, 1.165) is 18.2 Å². The Balaban J connectivity index is 2.09. The fraction of sp³-hybridized carbons (Fsp3) is 0.353. The molecule has 26 heavy (non-hydrogen) atoms. The Bertz CT molecular complexity index is 803. The van der Waals surface area contributed by atoms with Gasteiger partial charge in [-0.05, 0) is 18.1 Å². The number of benzene rings is 1. The minimum Gasteiger partial charge on any atom is -0.456 e. The lowest BCUT2D eigenvalue weighted by molar-refractivity contribution is -0.148. The molecule has 140 valence electrons. The molecular weight excluding hydrogens is 368 g/mol. The number of nitrogens with zero attached hydrogens (tertiary/aromatic N) is 2. The second-order valence-corrected chi connectivity index (χ2v) is 6.34. The van der Waals surface area contributed by atoms with Crippen molar-refractivity contribution in [3.8, 4) is 0 Å². The largest absolute Gasteiger partial charge is 0.456 e. The Labute approximate surface area is 154 Å². The van der Waals surface area contributed by atoms with Crippen molar-refractivity contribution in [2.45, 2.75) is 26.5 Å². The number of nitrogens with one attached hydrogen (secondary N) is 1. The molecule has 1 atom stereocenters. The summed E-state index contributed by atoms with van der Waals surface area (Å²) in [6.07, 6.45) is 1.41. The molecule has 0 radical (unpaired) electrons. The maximum absolute atomic E-state index is 13.7. The molecule has 0 saturated carbocycles. The molecule has 0 aliphatic carbocycles. The third-order valence-corrected chi connectivity index (χ3v) is 4.12. The van der Waals surface area contributed by atoms with Gasteiger partial charge in [0, 0.05) is 7.05 Å². The summed E-state index contributed by atoms with van der Waals surface area (Å²) in [4.78, 5) is 28.5. The van der Waals surface area contributed by atoms with Gasteiger partial charge in [0.15, 0.2) is 0 Å². The third-order valence-electron chi connectivity index (χ3n) is 3.77. The van der Waals surface area contributed by atoms with Crippen molar-refractivity contribution in [1.82, 2.24) is 14.9 Å². The summed E-state index contributed by atoms with van der Waals surface area (Å²) in [5.74, 6) is -3.76. The van der Waals surface area contributed by atoms with E-state index in [0.29, 0.717) is 11.0 Å². The number of aromatic nitrogens is 2. The number of carbonyl (C=O) groups is 2. The molecule has 0 fully saturated rings. The molecule has 9 heteroatoms. The van der Waals surface area contributed by atoms with E-state index in [1.807, 2.05) is 0 Å². The van der Waals surface area contributed by atoms with Crippen LogP contribution in [0.3, 0.4) is 0 Å². The average Bonchev–Trinajstić information content (AvgIpc) is 2.89. The molecule has 1 aromatic heterocycles. The molecule has 1 heterocycles. The highest BCUT2D eigenvalue weighted by Crippen LogP contribution is 2.15. The van der Waals surface area contributed by atoms with Crippen molar-refractivity contribution in [1.29, 1.82) is 0 Å². The first-order valence-electron chi connectivity index (χ1n) is 7.80. The quantitative estimate of drug-likeness (QED) is 0.776. The van der Waals surface area contributed by atoms with E-state index < -0.39 is 35.1 Å². The predicted molar refractivity (Wildman–Crippen MR) is 90.5 cm³/mol. The first kappa shape index (κ1) is 19.8. The van der Waals surface area contributed by atoms with Crippen molar-refractivity contribution in [2.75, 3.05) is 0 Å². The predicted octanol–water partition coefficient (Wildman–Crippen LogP) is 2.85. The molecule has 1 amide bonds. The van der Waals surface area contributed by atoms with Crippen molar-refractivity contribution < 1.29 is 23.1 Å². The summed E-state index contributed by atoms with van der Waals surface area (Å²) >= 11 is 5.86. The summed E-state index contributed by atoms with van der Waals surface area (Å²) in [6.45, 7) is 3.18. The molecule has 1 aromatic carbocycles. The van der Waals surface area contributed by atoms with E-state index in [9.17, 15) is 18.4 Å². The van der Waals surface area contributed by atoms with Gasteiger partial charge in [-0.25, -0.2) is 18.6 Å².